The molecule has 1 heterocycles. The van der Waals surface area contributed by atoms with E-state index in [-0.39, 0.29) is 11.9 Å². The first-order chi connectivity index (χ1) is 6.16. The van der Waals surface area contributed by atoms with Gasteiger partial charge in [0.15, 0.2) is 0 Å². The first-order valence-corrected chi connectivity index (χ1v) is 4.73. The Hall–Kier alpha value is -0.830. The highest BCUT2D eigenvalue weighted by molar-refractivity contribution is 5.81. The lowest BCUT2D eigenvalue weighted by Crippen LogP contribution is -2.42. The van der Waals surface area contributed by atoms with Crippen LogP contribution in [-0.2, 0) is 4.79 Å². The van der Waals surface area contributed by atoms with E-state index < -0.39 is 0 Å². The summed E-state index contributed by atoms with van der Waals surface area (Å²) in [6, 6.07) is 0.0907. The Bertz CT molecular complexity index is 201. The molecule has 1 aliphatic rings. The van der Waals surface area contributed by atoms with Crippen molar-refractivity contribution in [3.8, 4) is 0 Å². The zero-order valence-electron chi connectivity index (χ0n) is 8.49. The average molecular weight is 182 g/mol. The molecule has 13 heavy (non-hydrogen) atoms. The Morgan fingerprint density at radius 2 is 2.38 bits per heavy atom. The van der Waals surface area contributed by atoms with Crippen LogP contribution in [0.1, 0.15) is 12.8 Å². The second kappa shape index (κ2) is 4.42. The zero-order chi connectivity index (χ0) is 9.84. The van der Waals surface area contributed by atoms with E-state index in [0.29, 0.717) is 0 Å². The van der Waals surface area contributed by atoms with Crippen molar-refractivity contribution in [2.75, 3.05) is 27.2 Å². The maximum Gasteiger partial charge on any atom is 0.239 e. The zero-order valence-corrected chi connectivity index (χ0v) is 8.49. The quantitative estimate of drug-likeness (QED) is 0.601. The molecule has 0 bridgehead atoms. The van der Waals surface area contributed by atoms with Crippen LogP contribution in [0.15, 0.2) is 12.7 Å². The number of carbonyl (C=O) groups excluding carboxylic acids is 1. The molecule has 0 aromatic rings. The fraction of sp³-hybridized carbons (Fsp3) is 0.700. The molecule has 74 valence electrons. The summed E-state index contributed by atoms with van der Waals surface area (Å²) in [4.78, 5) is 15.5. The van der Waals surface area contributed by atoms with Crippen LogP contribution in [0.4, 0.5) is 0 Å². The summed E-state index contributed by atoms with van der Waals surface area (Å²) in [6.45, 7) is 5.54. The van der Waals surface area contributed by atoms with Crippen LogP contribution in [-0.4, -0.2) is 48.9 Å². The van der Waals surface area contributed by atoms with E-state index >= 15 is 0 Å². The Morgan fingerprint density at radius 3 is 2.92 bits per heavy atom. The molecule has 3 nitrogen and oxygen atoms in total. The highest BCUT2D eigenvalue weighted by Gasteiger charge is 2.30. The second-order valence-corrected chi connectivity index (χ2v) is 3.67. The Kier molecular flexibility index (Phi) is 3.48. The maximum absolute atomic E-state index is 11.7. The molecular formula is C10H18N2O. The van der Waals surface area contributed by atoms with Crippen LogP contribution in [0.25, 0.3) is 0 Å². The third kappa shape index (κ3) is 2.31. The van der Waals surface area contributed by atoms with Crippen molar-refractivity contribution >= 4 is 5.91 Å². The molecule has 1 atom stereocenters. The van der Waals surface area contributed by atoms with E-state index in [1.54, 1.807) is 4.90 Å². The van der Waals surface area contributed by atoms with Crippen LogP contribution >= 0.6 is 0 Å². The molecule has 0 saturated carbocycles. The molecule has 1 aliphatic heterocycles. The minimum Gasteiger partial charge on any atom is -0.347 e. The van der Waals surface area contributed by atoms with E-state index in [4.69, 9.17) is 0 Å². The maximum atomic E-state index is 11.7. The van der Waals surface area contributed by atoms with Crippen LogP contribution < -0.4 is 0 Å². The monoisotopic (exact) mass is 182 g/mol. The molecule has 0 unspecified atom stereocenters. The van der Waals surface area contributed by atoms with Gasteiger partial charge >= 0.3 is 0 Å². The molecule has 0 aromatic carbocycles. The molecule has 0 spiro atoms. The van der Waals surface area contributed by atoms with E-state index in [1.165, 1.54) is 0 Å². The Labute approximate surface area is 80.0 Å². The van der Waals surface area contributed by atoms with Crippen molar-refractivity contribution in [2.24, 2.45) is 0 Å². The van der Waals surface area contributed by atoms with Crippen molar-refractivity contribution in [2.45, 2.75) is 18.9 Å². The van der Waals surface area contributed by atoms with Gasteiger partial charge in [-0.3, -0.25) is 9.69 Å². The molecule has 3 heteroatoms. The first kappa shape index (κ1) is 10.3. The number of hydrogen-bond acceptors (Lipinski definition) is 2. The van der Waals surface area contributed by atoms with E-state index in [9.17, 15) is 4.79 Å². The number of likely N-dealkylation sites (N-methyl/N-ethyl adjacent to an activating group) is 1. The van der Waals surface area contributed by atoms with Gasteiger partial charge in [-0.2, -0.15) is 0 Å². The first-order valence-electron chi connectivity index (χ1n) is 4.73. The predicted molar refractivity (Wildman–Crippen MR) is 53.5 cm³/mol. The van der Waals surface area contributed by atoms with Crippen molar-refractivity contribution in [3.05, 3.63) is 12.7 Å². The lowest BCUT2D eigenvalue weighted by atomic mass is 10.2. The third-order valence-corrected chi connectivity index (χ3v) is 2.45. The van der Waals surface area contributed by atoms with Gasteiger partial charge in [0, 0.05) is 20.6 Å². The molecule has 1 saturated heterocycles. The van der Waals surface area contributed by atoms with Gasteiger partial charge in [-0.05, 0) is 19.4 Å². The smallest absolute Gasteiger partial charge is 0.239 e. The molecule has 1 fully saturated rings. The second-order valence-electron chi connectivity index (χ2n) is 3.67. The van der Waals surface area contributed by atoms with Gasteiger partial charge in [0.1, 0.15) is 0 Å². The van der Waals surface area contributed by atoms with Crippen molar-refractivity contribution in [1.82, 2.24) is 9.80 Å². The van der Waals surface area contributed by atoms with Crippen molar-refractivity contribution in [1.29, 1.82) is 0 Å². The van der Waals surface area contributed by atoms with Gasteiger partial charge in [-0.25, -0.2) is 0 Å². The summed E-state index contributed by atoms with van der Waals surface area (Å²) in [5.74, 6) is 0.222. The van der Waals surface area contributed by atoms with Crippen LogP contribution in [0, 0.1) is 0 Å². The summed E-state index contributed by atoms with van der Waals surface area (Å²) in [6.07, 6.45) is 3.98. The van der Waals surface area contributed by atoms with Crippen LogP contribution in [0.3, 0.4) is 0 Å². The summed E-state index contributed by atoms with van der Waals surface area (Å²) >= 11 is 0. The summed E-state index contributed by atoms with van der Waals surface area (Å²) in [5.41, 5.74) is 0. The Balaban J connectivity index is 2.57. The normalized spacial score (nSPS) is 23.1. The lowest BCUT2D eigenvalue weighted by molar-refractivity contribution is -0.133. The highest BCUT2D eigenvalue weighted by Crippen LogP contribution is 2.17. The van der Waals surface area contributed by atoms with Crippen molar-refractivity contribution < 1.29 is 4.79 Å². The number of nitrogens with zero attached hydrogens (tertiary/aromatic N) is 2. The summed E-state index contributed by atoms with van der Waals surface area (Å²) in [7, 11) is 3.62. The summed E-state index contributed by atoms with van der Waals surface area (Å²) < 4.78 is 0. The number of likely N-dealkylation sites (tertiary alicyclic amines) is 1. The predicted octanol–water partition coefficient (Wildman–Crippen LogP) is 0.725. The van der Waals surface area contributed by atoms with E-state index in [2.05, 4.69) is 11.5 Å². The number of carbonyl (C=O) groups is 1. The Morgan fingerprint density at radius 1 is 1.69 bits per heavy atom. The molecule has 1 amide bonds. The molecule has 1 rings (SSSR count). The fourth-order valence-electron chi connectivity index (χ4n) is 1.79. The molecule has 0 aromatic heterocycles. The standard InChI is InChI=1S/C10H18N2O/c1-4-7-12-8-5-6-9(12)10(13)11(2)3/h4,9H,1,5-8H2,2-3H3/t9-/m0/s1. The van der Waals surface area contributed by atoms with Crippen LogP contribution in [0.2, 0.25) is 0 Å². The van der Waals surface area contributed by atoms with Gasteiger partial charge in [0.05, 0.1) is 6.04 Å². The van der Waals surface area contributed by atoms with E-state index in [0.717, 1.165) is 25.9 Å². The molecular weight excluding hydrogens is 164 g/mol. The van der Waals surface area contributed by atoms with Gasteiger partial charge in [-0.15, -0.1) is 6.58 Å². The minimum absolute atomic E-state index is 0.0907. The van der Waals surface area contributed by atoms with Crippen molar-refractivity contribution in [3.63, 3.8) is 0 Å². The van der Waals surface area contributed by atoms with Gasteiger partial charge in [0.25, 0.3) is 0 Å². The SMILES string of the molecule is C=CCN1CCC[C@H]1C(=O)N(C)C. The average Bonchev–Trinajstić information content (AvgIpc) is 2.52. The number of hydrogen-bond donors (Lipinski definition) is 0. The lowest BCUT2D eigenvalue weighted by Gasteiger charge is -2.24. The van der Waals surface area contributed by atoms with Crippen LogP contribution in [0.5, 0.6) is 0 Å². The number of rotatable bonds is 3. The van der Waals surface area contributed by atoms with E-state index in [1.807, 2.05) is 20.2 Å². The molecule has 0 N–H and O–H groups in total. The van der Waals surface area contributed by atoms with Gasteiger partial charge < -0.3 is 4.90 Å². The van der Waals surface area contributed by atoms with Gasteiger partial charge in [0.2, 0.25) is 5.91 Å². The molecule has 0 aliphatic carbocycles. The minimum atomic E-state index is 0.0907. The molecule has 0 radical (unpaired) electrons. The number of amides is 1. The summed E-state index contributed by atoms with van der Waals surface area (Å²) in [5, 5.41) is 0. The fourth-order valence-corrected chi connectivity index (χ4v) is 1.79. The topological polar surface area (TPSA) is 23.6 Å². The largest absolute Gasteiger partial charge is 0.347 e. The third-order valence-electron chi connectivity index (χ3n) is 2.45. The van der Waals surface area contributed by atoms with Gasteiger partial charge in [-0.1, -0.05) is 6.08 Å². The highest BCUT2D eigenvalue weighted by atomic mass is 16.2.